The summed E-state index contributed by atoms with van der Waals surface area (Å²) in [4.78, 5) is 7.33. The van der Waals surface area contributed by atoms with Gasteiger partial charge in [-0.25, -0.2) is 4.98 Å². The Kier molecular flexibility index (Phi) is 3.31. The van der Waals surface area contributed by atoms with E-state index in [-0.39, 0.29) is 6.10 Å². The van der Waals surface area contributed by atoms with E-state index in [4.69, 9.17) is 9.72 Å². The molecule has 104 valence electrons. The number of morpholine rings is 1. The first-order valence-corrected chi connectivity index (χ1v) is 8.30. The van der Waals surface area contributed by atoms with Crippen molar-refractivity contribution in [2.75, 3.05) is 19.7 Å². The standard InChI is InChI=1S/C14H21N3OS/c1-2-12-8-18-13(7-17(12)5-1)14-16-11(9-19-14)6-15-10-3-4-10/h9-10,12-13,15H,1-8H2. The third-order valence-corrected chi connectivity index (χ3v) is 5.37. The predicted octanol–water partition coefficient (Wildman–Crippen LogP) is 1.93. The van der Waals surface area contributed by atoms with Gasteiger partial charge in [-0.3, -0.25) is 4.90 Å². The van der Waals surface area contributed by atoms with Gasteiger partial charge in [-0.2, -0.15) is 0 Å². The van der Waals surface area contributed by atoms with Crippen LogP contribution < -0.4 is 5.32 Å². The Balaban J connectivity index is 1.38. The number of nitrogens with one attached hydrogen (secondary N) is 1. The van der Waals surface area contributed by atoms with Crippen molar-refractivity contribution in [3.8, 4) is 0 Å². The molecule has 0 radical (unpaired) electrons. The number of hydrogen-bond donors (Lipinski definition) is 1. The van der Waals surface area contributed by atoms with E-state index in [1.165, 1.54) is 37.9 Å². The summed E-state index contributed by atoms with van der Waals surface area (Å²) in [5.74, 6) is 0. The third-order valence-electron chi connectivity index (χ3n) is 4.38. The van der Waals surface area contributed by atoms with E-state index in [0.717, 1.165) is 30.7 Å². The normalized spacial score (nSPS) is 31.6. The number of nitrogens with zero attached hydrogens (tertiary/aromatic N) is 2. The summed E-state index contributed by atoms with van der Waals surface area (Å²) in [6, 6.07) is 1.42. The van der Waals surface area contributed by atoms with E-state index in [0.29, 0.717) is 6.04 Å². The highest BCUT2D eigenvalue weighted by Crippen LogP contribution is 2.31. The van der Waals surface area contributed by atoms with Crippen LogP contribution in [0.1, 0.15) is 42.5 Å². The van der Waals surface area contributed by atoms with Crippen LogP contribution in [0.15, 0.2) is 5.38 Å². The topological polar surface area (TPSA) is 37.4 Å². The van der Waals surface area contributed by atoms with E-state index in [9.17, 15) is 0 Å². The van der Waals surface area contributed by atoms with E-state index in [2.05, 4.69) is 15.6 Å². The number of rotatable bonds is 4. The quantitative estimate of drug-likeness (QED) is 0.914. The van der Waals surface area contributed by atoms with Gasteiger partial charge in [0.1, 0.15) is 11.1 Å². The number of ether oxygens (including phenoxy) is 1. The molecule has 2 saturated heterocycles. The zero-order valence-electron chi connectivity index (χ0n) is 11.2. The maximum Gasteiger partial charge on any atom is 0.123 e. The first-order valence-electron chi connectivity index (χ1n) is 7.42. The molecule has 19 heavy (non-hydrogen) atoms. The maximum atomic E-state index is 6.02. The second-order valence-corrected chi connectivity index (χ2v) is 6.83. The number of fused-ring (bicyclic) bond motifs is 1. The van der Waals surface area contributed by atoms with Crippen LogP contribution in [-0.2, 0) is 11.3 Å². The van der Waals surface area contributed by atoms with Crippen LogP contribution in [0.2, 0.25) is 0 Å². The molecule has 1 saturated carbocycles. The predicted molar refractivity (Wildman–Crippen MR) is 75.3 cm³/mol. The maximum absolute atomic E-state index is 6.02. The van der Waals surface area contributed by atoms with Crippen LogP contribution in [0.25, 0.3) is 0 Å². The van der Waals surface area contributed by atoms with Crippen LogP contribution in [0.4, 0.5) is 0 Å². The molecule has 1 N–H and O–H groups in total. The minimum atomic E-state index is 0.203. The van der Waals surface area contributed by atoms with Gasteiger partial charge < -0.3 is 10.1 Å². The molecule has 4 nitrogen and oxygen atoms in total. The first-order chi connectivity index (χ1) is 9.38. The summed E-state index contributed by atoms with van der Waals surface area (Å²) in [5, 5.41) is 6.87. The van der Waals surface area contributed by atoms with E-state index >= 15 is 0 Å². The summed E-state index contributed by atoms with van der Waals surface area (Å²) in [6.45, 7) is 4.08. The van der Waals surface area contributed by atoms with Gasteiger partial charge in [0.25, 0.3) is 0 Å². The minimum absolute atomic E-state index is 0.203. The molecule has 3 fully saturated rings. The van der Waals surface area contributed by atoms with Gasteiger partial charge in [0.15, 0.2) is 0 Å². The molecule has 0 amide bonds. The zero-order valence-corrected chi connectivity index (χ0v) is 12.0. The monoisotopic (exact) mass is 279 g/mol. The fraction of sp³-hybridized carbons (Fsp3) is 0.786. The Bertz CT molecular complexity index is 446. The molecule has 0 aromatic carbocycles. The molecule has 3 aliphatic rings. The van der Waals surface area contributed by atoms with E-state index in [1.807, 2.05) is 0 Å². The Labute approximate surface area is 118 Å². The molecule has 1 aliphatic carbocycles. The first kappa shape index (κ1) is 12.3. The van der Waals surface area contributed by atoms with Crippen molar-refractivity contribution in [3.63, 3.8) is 0 Å². The van der Waals surface area contributed by atoms with E-state index < -0.39 is 0 Å². The number of aromatic nitrogens is 1. The molecular weight excluding hydrogens is 258 g/mol. The average molecular weight is 279 g/mol. The fourth-order valence-corrected chi connectivity index (χ4v) is 3.91. The minimum Gasteiger partial charge on any atom is -0.368 e. The van der Waals surface area contributed by atoms with Gasteiger partial charge >= 0.3 is 0 Å². The van der Waals surface area contributed by atoms with Crippen molar-refractivity contribution in [1.82, 2.24) is 15.2 Å². The van der Waals surface area contributed by atoms with Crippen LogP contribution in [0.5, 0.6) is 0 Å². The molecule has 5 heteroatoms. The van der Waals surface area contributed by atoms with Crippen LogP contribution >= 0.6 is 11.3 Å². The molecule has 1 aromatic rings. The van der Waals surface area contributed by atoms with Crippen molar-refractivity contribution in [2.45, 2.75) is 50.4 Å². The van der Waals surface area contributed by atoms with Gasteiger partial charge in [0.2, 0.25) is 0 Å². The van der Waals surface area contributed by atoms with Crippen LogP contribution in [0, 0.1) is 0 Å². The van der Waals surface area contributed by atoms with E-state index in [1.54, 1.807) is 11.3 Å². The second-order valence-electron chi connectivity index (χ2n) is 5.95. The van der Waals surface area contributed by atoms with Gasteiger partial charge in [0, 0.05) is 30.6 Å². The van der Waals surface area contributed by atoms with Gasteiger partial charge in [0.05, 0.1) is 12.3 Å². The molecule has 2 atom stereocenters. The third kappa shape index (κ3) is 2.70. The second kappa shape index (κ2) is 5.13. The van der Waals surface area contributed by atoms with Crippen LogP contribution in [0.3, 0.4) is 0 Å². The lowest BCUT2D eigenvalue weighted by molar-refractivity contribution is -0.0502. The number of hydrogen-bond acceptors (Lipinski definition) is 5. The lowest BCUT2D eigenvalue weighted by Gasteiger charge is -2.34. The lowest BCUT2D eigenvalue weighted by Crippen LogP contribution is -2.42. The molecule has 1 aromatic heterocycles. The van der Waals surface area contributed by atoms with Crippen LogP contribution in [-0.4, -0.2) is 41.7 Å². The van der Waals surface area contributed by atoms with Gasteiger partial charge in [-0.15, -0.1) is 11.3 Å². The molecular formula is C14H21N3OS. The SMILES string of the molecule is c1sc(C2CN3CCCC3CO2)nc1CNC1CC1. The largest absolute Gasteiger partial charge is 0.368 e. The highest BCUT2D eigenvalue weighted by Gasteiger charge is 2.34. The summed E-state index contributed by atoms with van der Waals surface area (Å²) in [6.07, 6.45) is 5.50. The summed E-state index contributed by atoms with van der Waals surface area (Å²) in [5.41, 5.74) is 1.18. The molecule has 0 bridgehead atoms. The smallest absolute Gasteiger partial charge is 0.123 e. The average Bonchev–Trinajstić information content (AvgIpc) is 2.96. The zero-order chi connectivity index (χ0) is 12.7. The summed E-state index contributed by atoms with van der Waals surface area (Å²) >= 11 is 1.76. The molecule has 2 aliphatic heterocycles. The van der Waals surface area contributed by atoms with Crippen molar-refractivity contribution in [3.05, 3.63) is 16.1 Å². The fourth-order valence-electron chi connectivity index (χ4n) is 3.05. The van der Waals surface area contributed by atoms with Crippen molar-refractivity contribution >= 4 is 11.3 Å². The summed E-state index contributed by atoms with van der Waals surface area (Å²) in [7, 11) is 0. The highest BCUT2D eigenvalue weighted by molar-refractivity contribution is 7.09. The van der Waals surface area contributed by atoms with Crippen molar-refractivity contribution in [1.29, 1.82) is 0 Å². The van der Waals surface area contributed by atoms with Gasteiger partial charge in [-0.1, -0.05) is 0 Å². The van der Waals surface area contributed by atoms with Crippen molar-refractivity contribution in [2.24, 2.45) is 0 Å². The van der Waals surface area contributed by atoms with Crippen molar-refractivity contribution < 1.29 is 4.74 Å². The Hall–Kier alpha value is -0.490. The molecule has 0 spiro atoms. The Morgan fingerprint density at radius 1 is 1.42 bits per heavy atom. The Morgan fingerprint density at radius 3 is 3.26 bits per heavy atom. The Morgan fingerprint density at radius 2 is 2.37 bits per heavy atom. The molecule has 4 rings (SSSR count). The summed E-state index contributed by atoms with van der Waals surface area (Å²) < 4.78 is 6.02. The molecule has 3 heterocycles. The van der Waals surface area contributed by atoms with Gasteiger partial charge in [-0.05, 0) is 32.2 Å². The highest BCUT2D eigenvalue weighted by atomic mass is 32.1. The number of thiazole rings is 1. The lowest BCUT2D eigenvalue weighted by atomic mass is 10.2. The molecule has 2 unspecified atom stereocenters.